The van der Waals surface area contributed by atoms with Crippen LogP contribution in [0, 0.1) is 0 Å². The molecule has 1 rings (SSSR count). The van der Waals surface area contributed by atoms with Crippen LogP contribution in [0.25, 0.3) is 0 Å². The predicted molar refractivity (Wildman–Crippen MR) is 61.6 cm³/mol. The average molecular weight is 221 g/mol. The quantitative estimate of drug-likeness (QED) is 0.589. The van der Waals surface area contributed by atoms with Crippen molar-refractivity contribution in [3.63, 3.8) is 0 Å². The Hall–Kier alpha value is -1.68. The van der Waals surface area contributed by atoms with Crippen LogP contribution >= 0.6 is 0 Å². The monoisotopic (exact) mass is 221 g/mol. The molecule has 1 amide bonds. The molecular weight excluding hydrogens is 206 g/mol. The standard InChI is InChI=1S/C12H15NO3/c1-16-8-2-3-12(15)13-11-6-4-10(9-14)5-7-11/h4-7,9H,2-3,8H2,1H3,(H,13,15). The number of benzene rings is 1. The van der Waals surface area contributed by atoms with Crippen molar-refractivity contribution in [3.8, 4) is 0 Å². The zero-order chi connectivity index (χ0) is 11.8. The summed E-state index contributed by atoms with van der Waals surface area (Å²) in [7, 11) is 1.61. The highest BCUT2D eigenvalue weighted by molar-refractivity contribution is 5.91. The van der Waals surface area contributed by atoms with E-state index in [1.54, 1.807) is 31.4 Å². The van der Waals surface area contributed by atoms with E-state index in [2.05, 4.69) is 5.32 Å². The van der Waals surface area contributed by atoms with Gasteiger partial charge in [0.25, 0.3) is 0 Å². The van der Waals surface area contributed by atoms with Crippen molar-refractivity contribution < 1.29 is 14.3 Å². The van der Waals surface area contributed by atoms with Gasteiger partial charge in [-0.15, -0.1) is 0 Å². The average Bonchev–Trinajstić information content (AvgIpc) is 2.30. The predicted octanol–water partition coefficient (Wildman–Crippen LogP) is 1.86. The third-order valence-corrected chi connectivity index (χ3v) is 2.08. The largest absolute Gasteiger partial charge is 0.385 e. The minimum atomic E-state index is -0.0455. The second kappa shape index (κ2) is 6.74. The molecule has 0 heterocycles. The molecule has 86 valence electrons. The Morgan fingerprint density at radius 2 is 2.06 bits per heavy atom. The normalized spacial score (nSPS) is 9.81. The molecule has 0 aliphatic carbocycles. The maximum absolute atomic E-state index is 11.4. The number of ether oxygens (including phenoxy) is 1. The third kappa shape index (κ3) is 4.23. The molecule has 4 heteroatoms. The number of hydrogen-bond donors (Lipinski definition) is 1. The molecule has 0 spiro atoms. The van der Waals surface area contributed by atoms with Crippen molar-refractivity contribution in [2.75, 3.05) is 19.0 Å². The molecule has 1 aromatic carbocycles. The Balaban J connectivity index is 2.40. The highest BCUT2D eigenvalue weighted by Gasteiger charge is 2.01. The highest BCUT2D eigenvalue weighted by atomic mass is 16.5. The summed E-state index contributed by atoms with van der Waals surface area (Å²) in [4.78, 5) is 21.8. The topological polar surface area (TPSA) is 55.4 Å². The SMILES string of the molecule is COCCCC(=O)Nc1ccc(C=O)cc1. The van der Waals surface area contributed by atoms with Gasteiger partial charge >= 0.3 is 0 Å². The van der Waals surface area contributed by atoms with Gasteiger partial charge in [-0.1, -0.05) is 0 Å². The van der Waals surface area contributed by atoms with E-state index in [0.29, 0.717) is 30.7 Å². The fraction of sp³-hybridized carbons (Fsp3) is 0.333. The van der Waals surface area contributed by atoms with Crippen LogP contribution < -0.4 is 5.32 Å². The van der Waals surface area contributed by atoms with Crippen molar-refractivity contribution >= 4 is 17.9 Å². The minimum Gasteiger partial charge on any atom is -0.385 e. The Kier molecular flexibility index (Phi) is 5.22. The van der Waals surface area contributed by atoms with Crippen LogP contribution in [0.4, 0.5) is 5.69 Å². The molecule has 0 aliphatic rings. The number of carbonyl (C=O) groups excluding carboxylic acids is 2. The highest BCUT2D eigenvalue weighted by Crippen LogP contribution is 2.08. The number of hydrogen-bond acceptors (Lipinski definition) is 3. The van der Waals surface area contributed by atoms with Gasteiger partial charge in [-0.05, 0) is 30.7 Å². The summed E-state index contributed by atoms with van der Waals surface area (Å²) in [5.41, 5.74) is 1.30. The molecule has 16 heavy (non-hydrogen) atoms. The second-order valence-corrected chi connectivity index (χ2v) is 3.38. The lowest BCUT2D eigenvalue weighted by Gasteiger charge is -2.04. The van der Waals surface area contributed by atoms with E-state index < -0.39 is 0 Å². The summed E-state index contributed by atoms with van der Waals surface area (Å²) in [6.45, 7) is 0.581. The molecule has 0 saturated carbocycles. The molecular formula is C12H15NO3. The van der Waals surface area contributed by atoms with Gasteiger partial charge in [0, 0.05) is 31.4 Å². The van der Waals surface area contributed by atoms with E-state index in [0.717, 1.165) is 6.29 Å². The molecule has 1 aromatic rings. The number of amides is 1. The molecule has 1 N–H and O–H groups in total. The fourth-order valence-electron chi connectivity index (χ4n) is 1.25. The van der Waals surface area contributed by atoms with Crippen LogP contribution in [0.15, 0.2) is 24.3 Å². The van der Waals surface area contributed by atoms with Gasteiger partial charge in [0.2, 0.25) is 5.91 Å². The molecule has 0 atom stereocenters. The number of aldehydes is 1. The first kappa shape index (κ1) is 12.4. The summed E-state index contributed by atoms with van der Waals surface area (Å²) < 4.78 is 4.85. The van der Waals surface area contributed by atoms with E-state index in [-0.39, 0.29) is 5.91 Å². The van der Waals surface area contributed by atoms with Gasteiger partial charge in [-0.25, -0.2) is 0 Å². The van der Waals surface area contributed by atoms with E-state index in [1.165, 1.54) is 0 Å². The Labute approximate surface area is 94.6 Å². The second-order valence-electron chi connectivity index (χ2n) is 3.38. The molecule has 0 bridgehead atoms. The summed E-state index contributed by atoms with van der Waals surface area (Å²) in [5, 5.41) is 2.74. The summed E-state index contributed by atoms with van der Waals surface area (Å²) >= 11 is 0. The van der Waals surface area contributed by atoms with Gasteiger partial charge in [-0.3, -0.25) is 9.59 Å². The van der Waals surface area contributed by atoms with Crippen LogP contribution in [0.2, 0.25) is 0 Å². The van der Waals surface area contributed by atoms with E-state index in [1.807, 2.05) is 0 Å². The number of carbonyl (C=O) groups is 2. The van der Waals surface area contributed by atoms with Crippen molar-refractivity contribution in [2.45, 2.75) is 12.8 Å². The first-order valence-corrected chi connectivity index (χ1v) is 5.10. The first-order valence-electron chi connectivity index (χ1n) is 5.10. The number of anilines is 1. The number of nitrogens with one attached hydrogen (secondary N) is 1. The maximum atomic E-state index is 11.4. The number of rotatable bonds is 6. The number of methoxy groups -OCH3 is 1. The third-order valence-electron chi connectivity index (χ3n) is 2.08. The lowest BCUT2D eigenvalue weighted by Crippen LogP contribution is -2.11. The Bertz CT molecular complexity index is 346. The van der Waals surface area contributed by atoms with Crippen LogP contribution in [-0.2, 0) is 9.53 Å². The molecule has 0 fully saturated rings. The van der Waals surface area contributed by atoms with Gasteiger partial charge in [0.15, 0.2) is 0 Å². The molecule has 4 nitrogen and oxygen atoms in total. The fourth-order valence-corrected chi connectivity index (χ4v) is 1.25. The van der Waals surface area contributed by atoms with Gasteiger partial charge in [0.05, 0.1) is 0 Å². The molecule has 0 aromatic heterocycles. The lowest BCUT2D eigenvalue weighted by molar-refractivity contribution is -0.116. The summed E-state index contributed by atoms with van der Waals surface area (Å²) in [5.74, 6) is -0.0455. The molecule has 0 radical (unpaired) electrons. The van der Waals surface area contributed by atoms with Crippen molar-refractivity contribution in [1.29, 1.82) is 0 Å². The zero-order valence-corrected chi connectivity index (χ0v) is 9.23. The summed E-state index contributed by atoms with van der Waals surface area (Å²) in [6, 6.07) is 6.74. The van der Waals surface area contributed by atoms with E-state index in [9.17, 15) is 9.59 Å². The van der Waals surface area contributed by atoms with Crippen molar-refractivity contribution in [3.05, 3.63) is 29.8 Å². The molecule has 0 saturated heterocycles. The van der Waals surface area contributed by atoms with Crippen LogP contribution in [0.3, 0.4) is 0 Å². The zero-order valence-electron chi connectivity index (χ0n) is 9.23. The van der Waals surface area contributed by atoms with Crippen LogP contribution in [0.1, 0.15) is 23.2 Å². The van der Waals surface area contributed by atoms with Gasteiger partial charge in [-0.2, -0.15) is 0 Å². The van der Waals surface area contributed by atoms with E-state index in [4.69, 9.17) is 4.74 Å². The van der Waals surface area contributed by atoms with Gasteiger partial charge < -0.3 is 10.1 Å². The summed E-state index contributed by atoms with van der Waals surface area (Å²) in [6.07, 6.45) is 1.90. The maximum Gasteiger partial charge on any atom is 0.224 e. The minimum absolute atomic E-state index is 0.0455. The molecule has 0 aliphatic heterocycles. The lowest BCUT2D eigenvalue weighted by atomic mass is 10.2. The Morgan fingerprint density at radius 1 is 1.38 bits per heavy atom. The van der Waals surface area contributed by atoms with Crippen molar-refractivity contribution in [2.24, 2.45) is 0 Å². The van der Waals surface area contributed by atoms with Crippen molar-refractivity contribution in [1.82, 2.24) is 0 Å². The smallest absolute Gasteiger partial charge is 0.224 e. The first-order chi connectivity index (χ1) is 7.76. The Morgan fingerprint density at radius 3 is 2.62 bits per heavy atom. The van der Waals surface area contributed by atoms with Gasteiger partial charge in [0.1, 0.15) is 6.29 Å². The van der Waals surface area contributed by atoms with Crippen LogP contribution in [-0.4, -0.2) is 25.9 Å². The molecule has 0 unspecified atom stereocenters. The van der Waals surface area contributed by atoms with Crippen LogP contribution in [0.5, 0.6) is 0 Å². The van der Waals surface area contributed by atoms with E-state index >= 15 is 0 Å².